The number of aromatic nitrogens is 2. The Morgan fingerprint density at radius 3 is 2.60 bits per heavy atom. The van der Waals surface area contributed by atoms with Gasteiger partial charge in [0, 0.05) is 6.20 Å². The van der Waals surface area contributed by atoms with Crippen LogP contribution >= 0.6 is 0 Å². The zero-order valence-corrected chi connectivity index (χ0v) is 17.0. The minimum absolute atomic E-state index is 0.00981. The number of fused-ring (bicyclic) bond motifs is 1. The van der Waals surface area contributed by atoms with E-state index >= 15 is 0 Å². The molecule has 0 aliphatic rings. The van der Waals surface area contributed by atoms with Crippen molar-refractivity contribution in [2.75, 3.05) is 6.61 Å². The van der Waals surface area contributed by atoms with E-state index < -0.39 is 11.5 Å². The minimum Gasteiger partial charge on any atom is -0.462 e. The number of carbonyl (C=O) groups is 1. The Hall–Kier alpha value is -3.92. The van der Waals surface area contributed by atoms with Gasteiger partial charge in [-0.1, -0.05) is 25.1 Å². The molecule has 0 N–H and O–H groups in total. The molecule has 0 saturated heterocycles. The molecule has 2 aromatic heterocycles. The molecule has 30 heavy (non-hydrogen) atoms. The van der Waals surface area contributed by atoms with Gasteiger partial charge in [0.1, 0.15) is 28.6 Å². The second-order valence-corrected chi connectivity index (χ2v) is 6.51. The fourth-order valence-electron chi connectivity index (χ4n) is 2.89. The molecule has 0 aliphatic carbocycles. The number of pyridine rings is 1. The second-order valence-electron chi connectivity index (χ2n) is 6.51. The molecule has 0 spiro atoms. The molecular weight excluding hydrogens is 382 g/mol. The van der Waals surface area contributed by atoms with Gasteiger partial charge in [-0.25, -0.2) is 4.79 Å². The molecule has 0 bridgehead atoms. The van der Waals surface area contributed by atoms with Gasteiger partial charge in [0.2, 0.25) is 5.88 Å². The number of rotatable bonds is 6. The number of hydrogen-bond acceptors (Lipinski definition) is 6. The molecule has 7 heteroatoms. The van der Waals surface area contributed by atoms with Crippen LogP contribution in [0.1, 0.15) is 30.5 Å². The van der Waals surface area contributed by atoms with Crippen LogP contribution in [-0.2, 0) is 16.0 Å². The van der Waals surface area contributed by atoms with Crippen LogP contribution in [-0.4, -0.2) is 22.0 Å². The van der Waals surface area contributed by atoms with Crippen LogP contribution in [0.2, 0.25) is 0 Å². The van der Waals surface area contributed by atoms with E-state index in [4.69, 9.17) is 9.47 Å². The maximum Gasteiger partial charge on any atom is 0.348 e. The normalized spacial score (nSPS) is 11.2. The van der Waals surface area contributed by atoms with E-state index in [9.17, 15) is 14.9 Å². The van der Waals surface area contributed by atoms with Gasteiger partial charge in [0.05, 0.1) is 6.61 Å². The topological polar surface area (TPSA) is 93.7 Å². The van der Waals surface area contributed by atoms with Crippen LogP contribution in [0.25, 0.3) is 11.7 Å². The van der Waals surface area contributed by atoms with Gasteiger partial charge >= 0.3 is 5.97 Å². The molecule has 0 saturated carbocycles. The smallest absolute Gasteiger partial charge is 0.348 e. The first kappa shape index (κ1) is 20.8. The average Bonchev–Trinajstić information content (AvgIpc) is 2.75. The van der Waals surface area contributed by atoms with E-state index in [0.29, 0.717) is 11.4 Å². The van der Waals surface area contributed by atoms with Crippen LogP contribution in [0, 0.1) is 18.3 Å². The zero-order valence-electron chi connectivity index (χ0n) is 17.0. The molecule has 0 unspecified atom stereocenters. The van der Waals surface area contributed by atoms with E-state index in [1.165, 1.54) is 4.40 Å². The Labute approximate surface area is 173 Å². The third-order valence-corrected chi connectivity index (χ3v) is 4.50. The fourth-order valence-corrected chi connectivity index (χ4v) is 2.89. The van der Waals surface area contributed by atoms with Crippen LogP contribution < -0.4 is 10.3 Å². The number of carbonyl (C=O) groups excluding carboxylic acids is 1. The van der Waals surface area contributed by atoms with Crippen LogP contribution in [0.3, 0.4) is 0 Å². The summed E-state index contributed by atoms with van der Waals surface area (Å²) < 4.78 is 12.2. The second kappa shape index (κ2) is 9.05. The molecule has 0 fully saturated rings. The molecular formula is C23H21N3O4. The summed E-state index contributed by atoms with van der Waals surface area (Å²) in [6.07, 6.45) is 3.62. The Morgan fingerprint density at radius 1 is 1.23 bits per heavy atom. The summed E-state index contributed by atoms with van der Waals surface area (Å²) in [7, 11) is 0. The first-order valence-corrected chi connectivity index (χ1v) is 9.56. The first-order chi connectivity index (χ1) is 14.5. The summed E-state index contributed by atoms with van der Waals surface area (Å²) in [6, 6.07) is 12.7. The van der Waals surface area contributed by atoms with Crippen molar-refractivity contribution in [2.45, 2.75) is 27.2 Å². The molecule has 3 aromatic rings. The summed E-state index contributed by atoms with van der Waals surface area (Å²) in [6.45, 7) is 5.62. The molecule has 0 aliphatic heterocycles. The van der Waals surface area contributed by atoms with E-state index in [2.05, 4.69) is 4.98 Å². The van der Waals surface area contributed by atoms with Crippen LogP contribution in [0.5, 0.6) is 11.6 Å². The third-order valence-electron chi connectivity index (χ3n) is 4.50. The summed E-state index contributed by atoms with van der Waals surface area (Å²) in [4.78, 5) is 29.7. The minimum atomic E-state index is -0.813. The van der Waals surface area contributed by atoms with Crippen molar-refractivity contribution in [3.8, 4) is 17.7 Å². The standard InChI is InChI=1S/C23H21N3O4/c1-4-16-8-10-18(11-9-16)30-21-19(13-17(14-24)23(28)29-5-2)22(27)26-12-6-7-15(3)20(26)25-21/h6-13H,4-5H2,1-3H3. The summed E-state index contributed by atoms with van der Waals surface area (Å²) in [5, 5.41) is 9.38. The highest BCUT2D eigenvalue weighted by Crippen LogP contribution is 2.25. The van der Waals surface area contributed by atoms with Crippen LogP contribution in [0.15, 0.2) is 53.0 Å². The molecule has 3 rings (SSSR count). The van der Waals surface area contributed by atoms with Gasteiger partial charge in [-0.2, -0.15) is 10.2 Å². The third kappa shape index (κ3) is 4.23. The van der Waals surface area contributed by atoms with Gasteiger partial charge in [0.25, 0.3) is 5.56 Å². The summed E-state index contributed by atoms with van der Waals surface area (Å²) in [5.74, 6) is -0.316. The van der Waals surface area contributed by atoms with Crippen molar-refractivity contribution in [3.05, 3.63) is 75.2 Å². The Morgan fingerprint density at radius 2 is 1.97 bits per heavy atom. The van der Waals surface area contributed by atoms with Crippen LogP contribution in [0.4, 0.5) is 0 Å². The SMILES string of the molecule is CCOC(=O)C(C#N)=Cc1c(Oc2ccc(CC)cc2)nc2c(C)cccn2c1=O. The molecule has 7 nitrogen and oxygen atoms in total. The highest BCUT2D eigenvalue weighted by Gasteiger charge is 2.18. The number of nitrogens with zero attached hydrogens (tertiary/aromatic N) is 3. The van der Waals surface area contributed by atoms with Gasteiger partial charge in [-0.15, -0.1) is 0 Å². The largest absolute Gasteiger partial charge is 0.462 e. The molecule has 0 atom stereocenters. The number of ether oxygens (including phenoxy) is 2. The predicted molar refractivity (Wildman–Crippen MR) is 112 cm³/mol. The Kier molecular flexibility index (Phi) is 6.28. The van der Waals surface area contributed by atoms with Crippen molar-refractivity contribution in [3.63, 3.8) is 0 Å². The van der Waals surface area contributed by atoms with Gasteiger partial charge in [-0.3, -0.25) is 9.20 Å². The lowest BCUT2D eigenvalue weighted by molar-refractivity contribution is -0.137. The lowest BCUT2D eigenvalue weighted by Gasteiger charge is -2.11. The molecule has 2 heterocycles. The molecule has 1 aromatic carbocycles. The Bertz CT molecular complexity index is 1220. The highest BCUT2D eigenvalue weighted by molar-refractivity contribution is 5.98. The number of hydrogen-bond donors (Lipinski definition) is 0. The first-order valence-electron chi connectivity index (χ1n) is 9.56. The zero-order chi connectivity index (χ0) is 21.7. The average molecular weight is 403 g/mol. The van der Waals surface area contributed by atoms with Crippen molar-refractivity contribution < 1.29 is 14.3 Å². The van der Waals surface area contributed by atoms with Gasteiger partial charge in [0.15, 0.2) is 0 Å². The Balaban J connectivity index is 2.21. The molecule has 0 amide bonds. The van der Waals surface area contributed by atoms with Crippen molar-refractivity contribution in [2.24, 2.45) is 0 Å². The lowest BCUT2D eigenvalue weighted by Crippen LogP contribution is -2.20. The van der Waals surface area contributed by atoms with Gasteiger partial charge < -0.3 is 9.47 Å². The van der Waals surface area contributed by atoms with Crippen molar-refractivity contribution >= 4 is 17.7 Å². The number of esters is 1. The quantitative estimate of drug-likeness (QED) is 0.353. The van der Waals surface area contributed by atoms with Crippen molar-refractivity contribution in [1.82, 2.24) is 9.38 Å². The van der Waals surface area contributed by atoms with E-state index in [-0.39, 0.29) is 23.6 Å². The monoisotopic (exact) mass is 403 g/mol. The number of aryl methyl sites for hydroxylation is 2. The molecule has 0 radical (unpaired) electrons. The van der Waals surface area contributed by atoms with Gasteiger partial charge in [-0.05, 0) is 55.7 Å². The molecule has 152 valence electrons. The van der Waals surface area contributed by atoms with E-state index in [0.717, 1.165) is 23.6 Å². The number of nitriles is 1. The fraction of sp³-hybridized carbons (Fsp3) is 0.217. The predicted octanol–water partition coefficient (Wildman–Crippen LogP) is 3.83. The van der Waals surface area contributed by atoms with E-state index in [1.54, 1.807) is 37.4 Å². The van der Waals surface area contributed by atoms with Crippen molar-refractivity contribution in [1.29, 1.82) is 5.26 Å². The van der Waals surface area contributed by atoms with E-state index in [1.807, 2.05) is 32.0 Å². The number of benzene rings is 1. The summed E-state index contributed by atoms with van der Waals surface area (Å²) in [5.41, 5.74) is 1.56. The maximum absolute atomic E-state index is 13.2. The summed E-state index contributed by atoms with van der Waals surface area (Å²) >= 11 is 0. The highest BCUT2D eigenvalue weighted by atomic mass is 16.5. The lowest BCUT2D eigenvalue weighted by atomic mass is 10.1. The maximum atomic E-state index is 13.2.